The molecular weight excluding hydrogens is 274 g/mol. The van der Waals surface area contributed by atoms with Gasteiger partial charge >= 0.3 is 0 Å². The molecule has 0 saturated heterocycles. The highest BCUT2D eigenvalue weighted by molar-refractivity contribution is 7.90. The maximum Gasteiger partial charge on any atom is 0.241 e. The minimum absolute atomic E-state index is 0.0394. The summed E-state index contributed by atoms with van der Waals surface area (Å²) in [6, 6.07) is 2.14. The molecule has 100 valence electrons. The number of nitrogens with zero attached hydrogens (tertiary/aromatic N) is 1. The lowest BCUT2D eigenvalue weighted by molar-refractivity contribution is 0.570. The van der Waals surface area contributed by atoms with Crippen molar-refractivity contribution in [2.45, 2.75) is 24.8 Å². The van der Waals surface area contributed by atoms with Gasteiger partial charge in [-0.05, 0) is 26.0 Å². The van der Waals surface area contributed by atoms with E-state index in [9.17, 15) is 12.8 Å². The molecular formula is C11H16FN2O2PS. The lowest BCUT2D eigenvalue weighted by atomic mass is 10.2. The molecule has 0 bridgehead atoms. The highest BCUT2D eigenvalue weighted by atomic mass is 32.2. The molecule has 1 aromatic rings. The van der Waals surface area contributed by atoms with Crippen LogP contribution in [0.25, 0.3) is 0 Å². The van der Waals surface area contributed by atoms with Crippen LogP contribution in [0.15, 0.2) is 22.0 Å². The fourth-order valence-corrected chi connectivity index (χ4v) is 3.63. The van der Waals surface area contributed by atoms with Gasteiger partial charge in [0.15, 0.2) is 0 Å². The molecule has 18 heavy (non-hydrogen) atoms. The summed E-state index contributed by atoms with van der Waals surface area (Å²) in [7, 11) is 0.101. The number of benzene rings is 1. The summed E-state index contributed by atoms with van der Waals surface area (Å²) in [5, 5.41) is 0.272. The van der Waals surface area contributed by atoms with E-state index >= 15 is 0 Å². The number of hydrogen-bond acceptors (Lipinski definition) is 3. The Kier molecular flexibility index (Phi) is 4.96. The van der Waals surface area contributed by atoms with Crippen LogP contribution in [-0.4, -0.2) is 27.7 Å². The average molecular weight is 290 g/mol. The summed E-state index contributed by atoms with van der Waals surface area (Å²) in [5.41, 5.74) is 0.161. The quantitative estimate of drug-likeness (QED) is 0.666. The van der Waals surface area contributed by atoms with E-state index in [1.807, 2.05) is 0 Å². The molecule has 0 aliphatic carbocycles. The number of aliphatic imine (C=N–C) groups is 1. The molecule has 4 nitrogen and oxygen atoms in total. The van der Waals surface area contributed by atoms with E-state index in [0.29, 0.717) is 0 Å². The van der Waals surface area contributed by atoms with Crippen LogP contribution in [-0.2, 0) is 10.0 Å². The first-order valence-electron chi connectivity index (χ1n) is 5.32. The highest BCUT2D eigenvalue weighted by Gasteiger charge is 2.20. The van der Waals surface area contributed by atoms with Gasteiger partial charge in [-0.25, -0.2) is 17.5 Å². The Hall–Kier alpha value is -0.840. The van der Waals surface area contributed by atoms with Crippen molar-refractivity contribution in [1.82, 2.24) is 4.72 Å². The molecule has 1 atom stereocenters. The monoisotopic (exact) mass is 290 g/mol. The topological polar surface area (TPSA) is 58.5 Å². The van der Waals surface area contributed by atoms with Crippen molar-refractivity contribution in [3.8, 4) is 0 Å². The maximum absolute atomic E-state index is 13.5. The van der Waals surface area contributed by atoms with Crippen LogP contribution < -0.4 is 10.0 Å². The summed E-state index contributed by atoms with van der Waals surface area (Å²) in [5.74, 6) is -0.505. The van der Waals surface area contributed by atoms with Crippen molar-refractivity contribution in [3.63, 3.8) is 0 Å². The minimum Gasteiger partial charge on any atom is -0.296 e. The van der Waals surface area contributed by atoms with Crippen LogP contribution in [0.2, 0.25) is 0 Å². The molecule has 0 aliphatic rings. The van der Waals surface area contributed by atoms with Crippen LogP contribution in [0.4, 0.5) is 4.39 Å². The van der Waals surface area contributed by atoms with Crippen LogP contribution in [0, 0.1) is 5.82 Å². The zero-order chi connectivity index (χ0) is 13.9. The van der Waals surface area contributed by atoms with Crippen molar-refractivity contribution in [3.05, 3.63) is 23.5 Å². The lowest BCUT2D eigenvalue weighted by Crippen LogP contribution is -2.33. The third-order valence-electron chi connectivity index (χ3n) is 2.13. The molecule has 0 aromatic heterocycles. The van der Waals surface area contributed by atoms with E-state index in [4.69, 9.17) is 0 Å². The second-order valence-corrected chi connectivity index (χ2v) is 6.30. The van der Waals surface area contributed by atoms with Crippen LogP contribution in [0.5, 0.6) is 0 Å². The van der Waals surface area contributed by atoms with E-state index in [2.05, 4.69) is 19.0 Å². The molecule has 0 heterocycles. The second kappa shape index (κ2) is 5.87. The van der Waals surface area contributed by atoms with Crippen LogP contribution in [0.1, 0.15) is 19.4 Å². The molecule has 0 saturated carbocycles. The maximum atomic E-state index is 13.5. The van der Waals surface area contributed by atoms with E-state index in [1.54, 1.807) is 13.8 Å². The zero-order valence-corrected chi connectivity index (χ0v) is 12.4. The van der Waals surface area contributed by atoms with Gasteiger partial charge in [-0.15, -0.1) is 9.24 Å². The molecule has 1 unspecified atom stereocenters. The summed E-state index contributed by atoms with van der Waals surface area (Å²) in [6.45, 7) is 3.44. The summed E-state index contributed by atoms with van der Waals surface area (Å²) < 4.78 is 40.1. The smallest absolute Gasteiger partial charge is 0.241 e. The van der Waals surface area contributed by atoms with Gasteiger partial charge in [0.1, 0.15) is 5.82 Å². The summed E-state index contributed by atoms with van der Waals surface area (Å²) >= 11 is 0. The van der Waals surface area contributed by atoms with Crippen molar-refractivity contribution < 1.29 is 12.8 Å². The van der Waals surface area contributed by atoms with Crippen LogP contribution >= 0.6 is 9.24 Å². The molecule has 7 heteroatoms. The Labute approximate surface area is 109 Å². The van der Waals surface area contributed by atoms with Crippen molar-refractivity contribution in [2.75, 3.05) is 7.05 Å². The number of nitrogens with one attached hydrogen (secondary N) is 1. The Morgan fingerprint density at radius 3 is 2.56 bits per heavy atom. The lowest BCUT2D eigenvalue weighted by Gasteiger charge is -2.13. The Morgan fingerprint density at radius 2 is 2.06 bits per heavy atom. The van der Waals surface area contributed by atoms with Gasteiger partial charge in [0.05, 0.1) is 4.90 Å². The van der Waals surface area contributed by atoms with Crippen molar-refractivity contribution >= 4 is 30.8 Å². The molecule has 0 spiro atoms. The van der Waals surface area contributed by atoms with E-state index in [0.717, 1.165) is 6.07 Å². The standard InChI is InChI=1S/C11H16FN2O2PS/c1-7(2)14-18(15,16)10-5-4-9(12)8(6-13-3)11(10)17/h4-7,14H,17H2,1-3H3. The Bertz CT molecular complexity index is 571. The number of halogens is 1. The van der Waals surface area contributed by atoms with Crippen molar-refractivity contribution in [2.24, 2.45) is 4.99 Å². The predicted molar refractivity (Wildman–Crippen MR) is 74.7 cm³/mol. The number of sulfonamides is 1. The predicted octanol–water partition coefficient (Wildman–Crippen LogP) is 1.06. The van der Waals surface area contributed by atoms with E-state index in [-0.39, 0.29) is 21.8 Å². The molecule has 0 radical (unpaired) electrons. The van der Waals surface area contributed by atoms with Gasteiger partial charge in [-0.2, -0.15) is 0 Å². The van der Waals surface area contributed by atoms with Gasteiger partial charge in [-0.1, -0.05) is 0 Å². The fraction of sp³-hybridized carbons (Fsp3) is 0.364. The van der Waals surface area contributed by atoms with Gasteiger partial charge in [0.2, 0.25) is 10.0 Å². The molecule has 0 fully saturated rings. The fourth-order valence-electron chi connectivity index (χ4n) is 1.46. The highest BCUT2D eigenvalue weighted by Crippen LogP contribution is 2.15. The first-order chi connectivity index (χ1) is 8.29. The third-order valence-corrected chi connectivity index (χ3v) is 4.68. The SMILES string of the molecule is CN=Cc1c(F)ccc(S(=O)(=O)NC(C)C)c1P. The second-order valence-electron chi connectivity index (χ2n) is 4.04. The zero-order valence-electron chi connectivity index (χ0n) is 10.4. The Morgan fingerprint density at radius 1 is 1.44 bits per heavy atom. The van der Waals surface area contributed by atoms with E-state index < -0.39 is 15.8 Å². The summed E-state index contributed by atoms with van der Waals surface area (Å²) in [6.07, 6.45) is 1.30. The average Bonchev–Trinajstić information content (AvgIpc) is 2.21. The van der Waals surface area contributed by atoms with Gasteiger partial charge in [-0.3, -0.25) is 4.99 Å². The largest absolute Gasteiger partial charge is 0.296 e. The van der Waals surface area contributed by atoms with Gasteiger partial charge < -0.3 is 0 Å². The number of rotatable bonds is 4. The number of hydrogen-bond donors (Lipinski definition) is 1. The normalized spacial score (nSPS) is 12.6. The van der Waals surface area contributed by atoms with Gasteiger partial charge in [0, 0.05) is 30.2 Å². The third kappa shape index (κ3) is 3.34. The van der Waals surface area contributed by atoms with Crippen molar-refractivity contribution in [1.29, 1.82) is 0 Å². The summed E-state index contributed by atoms with van der Waals surface area (Å²) in [4.78, 5) is 3.76. The van der Waals surface area contributed by atoms with Crippen LogP contribution in [0.3, 0.4) is 0 Å². The molecule has 1 rings (SSSR count). The van der Waals surface area contributed by atoms with Gasteiger partial charge in [0.25, 0.3) is 0 Å². The Balaban J connectivity index is 3.40. The minimum atomic E-state index is -3.65. The van der Waals surface area contributed by atoms with E-state index in [1.165, 1.54) is 19.3 Å². The molecule has 1 N–H and O–H groups in total. The molecule has 0 aliphatic heterocycles. The molecule has 1 aromatic carbocycles. The molecule has 0 amide bonds. The first kappa shape index (κ1) is 15.2. The first-order valence-corrected chi connectivity index (χ1v) is 7.38.